The van der Waals surface area contributed by atoms with Crippen molar-refractivity contribution in [1.82, 2.24) is 30.5 Å². The molecule has 2 aromatic carbocycles. The Morgan fingerprint density at radius 1 is 0.969 bits per heavy atom. The largest absolute Gasteiger partial charge is 0.348 e. The van der Waals surface area contributed by atoms with Gasteiger partial charge in [-0.3, -0.25) is 14.6 Å². The third kappa shape index (κ3) is 5.55. The number of amides is 2. The predicted octanol–water partition coefficient (Wildman–Crippen LogP) is 2.72. The molecule has 0 unspecified atom stereocenters. The fourth-order valence-corrected chi connectivity index (χ4v) is 3.51. The minimum Gasteiger partial charge on any atom is -0.348 e. The number of carbonyl (C=O) groups is 2. The van der Waals surface area contributed by atoms with Crippen LogP contribution in [0.15, 0.2) is 84.3 Å². The van der Waals surface area contributed by atoms with E-state index >= 15 is 0 Å². The van der Waals surface area contributed by atoms with Gasteiger partial charge in [-0.25, -0.2) is 0 Å². The predicted molar refractivity (Wildman–Crippen MR) is 120 cm³/mol. The van der Waals surface area contributed by atoms with Crippen molar-refractivity contribution in [2.24, 2.45) is 0 Å². The highest BCUT2D eigenvalue weighted by atomic mass is 32.2. The molecule has 0 aliphatic rings. The molecule has 2 amide bonds. The van der Waals surface area contributed by atoms with Gasteiger partial charge in [0.05, 0.1) is 17.6 Å². The van der Waals surface area contributed by atoms with E-state index in [4.69, 9.17) is 0 Å². The van der Waals surface area contributed by atoms with Crippen LogP contribution < -0.4 is 10.6 Å². The fraction of sp³-hybridized carbons (Fsp3) is 0.0909. The second-order valence-corrected chi connectivity index (χ2v) is 7.61. The number of thioether (sulfide) groups is 1. The zero-order valence-corrected chi connectivity index (χ0v) is 17.7. The highest BCUT2D eigenvalue weighted by molar-refractivity contribution is 7.99. The molecule has 2 heterocycles. The van der Waals surface area contributed by atoms with E-state index in [2.05, 4.69) is 31.1 Å². The topological polar surface area (TPSA) is 115 Å². The van der Waals surface area contributed by atoms with Crippen LogP contribution in [0.1, 0.15) is 15.9 Å². The molecule has 2 N–H and O–H groups in total. The number of nitrogens with one attached hydrogen (secondary N) is 2. The molecule has 0 atom stereocenters. The van der Waals surface area contributed by atoms with E-state index in [1.54, 1.807) is 42.7 Å². The number of tetrazole rings is 1. The van der Waals surface area contributed by atoms with Gasteiger partial charge in [-0.2, -0.15) is 4.68 Å². The molecule has 2 aromatic heterocycles. The third-order valence-corrected chi connectivity index (χ3v) is 5.31. The van der Waals surface area contributed by atoms with Gasteiger partial charge in [0.15, 0.2) is 0 Å². The average molecular weight is 446 g/mol. The van der Waals surface area contributed by atoms with Crippen LogP contribution in [-0.2, 0) is 11.3 Å². The van der Waals surface area contributed by atoms with Gasteiger partial charge in [0, 0.05) is 24.0 Å². The van der Waals surface area contributed by atoms with Crippen molar-refractivity contribution in [1.29, 1.82) is 0 Å². The molecule has 0 bridgehead atoms. The maximum absolute atomic E-state index is 12.3. The molecule has 10 heteroatoms. The number of hydrogen-bond acceptors (Lipinski definition) is 7. The smallest absolute Gasteiger partial charge is 0.251 e. The summed E-state index contributed by atoms with van der Waals surface area (Å²) >= 11 is 1.21. The summed E-state index contributed by atoms with van der Waals surface area (Å²) < 4.78 is 1.52. The molecule has 0 fully saturated rings. The summed E-state index contributed by atoms with van der Waals surface area (Å²) in [5, 5.41) is 17.7. The number of benzene rings is 2. The number of aromatic nitrogens is 5. The van der Waals surface area contributed by atoms with Crippen molar-refractivity contribution in [2.45, 2.75) is 11.7 Å². The van der Waals surface area contributed by atoms with Gasteiger partial charge in [0.25, 0.3) is 5.91 Å². The number of carbonyl (C=O) groups excluding carboxylic acids is 2. The molecule has 0 saturated heterocycles. The maximum Gasteiger partial charge on any atom is 0.251 e. The average Bonchev–Trinajstić information content (AvgIpc) is 3.32. The molecule has 0 radical (unpaired) electrons. The van der Waals surface area contributed by atoms with Crippen molar-refractivity contribution >= 4 is 29.3 Å². The van der Waals surface area contributed by atoms with Crippen LogP contribution in [0.25, 0.3) is 5.69 Å². The first-order valence-corrected chi connectivity index (χ1v) is 10.7. The van der Waals surface area contributed by atoms with Gasteiger partial charge in [-0.15, -0.1) is 5.10 Å². The van der Waals surface area contributed by atoms with Crippen molar-refractivity contribution < 1.29 is 9.59 Å². The van der Waals surface area contributed by atoms with Crippen LogP contribution in [0.5, 0.6) is 0 Å². The van der Waals surface area contributed by atoms with E-state index < -0.39 is 0 Å². The Morgan fingerprint density at radius 2 is 1.78 bits per heavy atom. The van der Waals surface area contributed by atoms with Crippen molar-refractivity contribution in [2.75, 3.05) is 11.1 Å². The lowest BCUT2D eigenvalue weighted by molar-refractivity contribution is -0.113. The molecule has 4 rings (SSSR count). The molecule has 32 heavy (non-hydrogen) atoms. The minimum absolute atomic E-state index is 0.125. The van der Waals surface area contributed by atoms with Crippen LogP contribution in [0, 0.1) is 0 Å². The quantitative estimate of drug-likeness (QED) is 0.401. The minimum atomic E-state index is -0.211. The first kappa shape index (κ1) is 21.2. The molecule has 0 spiro atoms. The first-order chi connectivity index (χ1) is 15.7. The number of pyridine rings is 1. The Kier molecular flexibility index (Phi) is 6.83. The van der Waals surface area contributed by atoms with Crippen molar-refractivity contribution in [3.8, 4) is 5.69 Å². The van der Waals surface area contributed by atoms with Crippen molar-refractivity contribution in [3.05, 3.63) is 90.3 Å². The highest BCUT2D eigenvalue weighted by Gasteiger charge is 2.12. The van der Waals surface area contributed by atoms with Crippen LogP contribution >= 0.6 is 11.8 Å². The summed E-state index contributed by atoms with van der Waals surface area (Å²) in [6.07, 6.45) is 3.30. The molecule has 0 aliphatic heterocycles. The van der Waals surface area contributed by atoms with E-state index in [9.17, 15) is 9.59 Å². The van der Waals surface area contributed by atoms with Gasteiger partial charge in [-0.05, 0) is 52.4 Å². The van der Waals surface area contributed by atoms with E-state index in [0.717, 1.165) is 5.56 Å². The molecule has 0 saturated carbocycles. The molecule has 4 aromatic rings. The Hall–Kier alpha value is -4.05. The normalized spacial score (nSPS) is 10.5. The monoisotopic (exact) mass is 445 g/mol. The Morgan fingerprint density at radius 3 is 2.53 bits per heavy atom. The molecular formula is C22H19N7O2S. The van der Waals surface area contributed by atoms with Crippen LogP contribution in [0.3, 0.4) is 0 Å². The lowest BCUT2D eigenvalue weighted by atomic mass is 10.1. The van der Waals surface area contributed by atoms with Crippen molar-refractivity contribution in [3.63, 3.8) is 0 Å². The zero-order chi connectivity index (χ0) is 22.2. The fourth-order valence-electron chi connectivity index (χ4n) is 2.82. The summed E-state index contributed by atoms with van der Waals surface area (Å²) in [4.78, 5) is 28.7. The van der Waals surface area contributed by atoms with Gasteiger partial charge >= 0.3 is 0 Å². The second-order valence-electron chi connectivity index (χ2n) is 6.67. The van der Waals surface area contributed by atoms with E-state index in [0.29, 0.717) is 28.6 Å². The van der Waals surface area contributed by atoms with Gasteiger partial charge in [0.2, 0.25) is 11.1 Å². The van der Waals surface area contributed by atoms with Crippen LogP contribution in [0.4, 0.5) is 5.69 Å². The summed E-state index contributed by atoms with van der Waals surface area (Å²) in [6.45, 7) is 0.452. The van der Waals surface area contributed by atoms with E-state index in [1.807, 2.05) is 36.4 Å². The maximum atomic E-state index is 12.3. The van der Waals surface area contributed by atoms with E-state index in [1.165, 1.54) is 16.4 Å². The zero-order valence-electron chi connectivity index (χ0n) is 16.9. The number of anilines is 1. The molecular weight excluding hydrogens is 426 g/mol. The Balaban J connectivity index is 1.28. The number of hydrogen-bond donors (Lipinski definition) is 2. The lowest BCUT2D eigenvalue weighted by Crippen LogP contribution is -2.22. The second kappa shape index (κ2) is 10.3. The number of nitrogens with zero attached hydrogens (tertiary/aromatic N) is 5. The van der Waals surface area contributed by atoms with E-state index in [-0.39, 0.29) is 17.6 Å². The molecule has 9 nitrogen and oxygen atoms in total. The summed E-state index contributed by atoms with van der Waals surface area (Å²) in [5.74, 6) is -0.263. The number of rotatable bonds is 8. The summed E-state index contributed by atoms with van der Waals surface area (Å²) in [6, 6.07) is 20.0. The van der Waals surface area contributed by atoms with Gasteiger partial charge < -0.3 is 10.6 Å². The van der Waals surface area contributed by atoms with Gasteiger partial charge in [0.1, 0.15) is 0 Å². The lowest BCUT2D eigenvalue weighted by Gasteiger charge is -2.08. The summed E-state index contributed by atoms with van der Waals surface area (Å²) in [7, 11) is 0. The van der Waals surface area contributed by atoms with Crippen LogP contribution in [-0.4, -0.2) is 42.8 Å². The molecule has 160 valence electrons. The third-order valence-electron chi connectivity index (χ3n) is 4.39. The SMILES string of the molecule is O=C(CSc1nnnn1-c1cccnc1)Nc1ccc(C(=O)NCc2ccccc2)cc1. The first-order valence-electron chi connectivity index (χ1n) is 9.72. The molecule has 0 aliphatic carbocycles. The Bertz CT molecular complexity index is 1180. The standard InChI is InChI=1S/C22H19N7O2S/c30-20(15-32-22-26-27-28-29(22)19-7-4-12-23-14-19)25-18-10-8-17(9-11-18)21(31)24-13-16-5-2-1-3-6-16/h1-12,14H,13,15H2,(H,24,31)(H,25,30). The Labute approximate surface area is 188 Å². The summed E-state index contributed by atoms with van der Waals surface area (Å²) in [5.41, 5.74) is 2.85. The highest BCUT2D eigenvalue weighted by Crippen LogP contribution is 2.18. The van der Waals surface area contributed by atoms with Gasteiger partial charge in [-0.1, -0.05) is 42.1 Å². The van der Waals surface area contributed by atoms with Crippen LogP contribution in [0.2, 0.25) is 0 Å².